The average Bonchev–Trinajstić information content (AvgIpc) is 2.29. The van der Waals surface area contributed by atoms with Crippen LogP contribution in [0.25, 0.3) is 11.1 Å². The maximum absolute atomic E-state index is 12.6. The van der Waals surface area contributed by atoms with Gasteiger partial charge in [-0.2, -0.15) is 13.2 Å². The van der Waals surface area contributed by atoms with Crippen molar-refractivity contribution in [3.05, 3.63) is 48.0 Å². The van der Waals surface area contributed by atoms with Gasteiger partial charge in [-0.25, -0.2) is 0 Å². The van der Waals surface area contributed by atoms with Crippen LogP contribution >= 0.6 is 0 Å². The van der Waals surface area contributed by atoms with Crippen LogP contribution < -0.4 is 0 Å². The molecule has 2 rings (SSSR count). The van der Waals surface area contributed by atoms with Crippen LogP contribution in [-0.4, -0.2) is 10.2 Å². The first kappa shape index (κ1) is 12.3. The Morgan fingerprint density at radius 1 is 0.778 bits per heavy atom. The van der Waals surface area contributed by atoms with Crippen molar-refractivity contribution in [2.45, 2.75) is 6.18 Å². The normalized spacial score (nSPS) is 11.5. The highest BCUT2D eigenvalue weighted by atomic mass is 19.4. The van der Waals surface area contributed by atoms with Crippen LogP contribution in [0.3, 0.4) is 0 Å². The Morgan fingerprint density at radius 3 is 2.00 bits per heavy atom. The van der Waals surface area contributed by atoms with Crippen LogP contribution in [0.5, 0.6) is 11.5 Å². The second kappa shape index (κ2) is 4.25. The topological polar surface area (TPSA) is 40.5 Å². The second-order valence-electron chi connectivity index (χ2n) is 3.75. The maximum Gasteiger partial charge on any atom is 0.416 e. The quantitative estimate of drug-likeness (QED) is 0.812. The molecular formula is C13H9F3O2. The zero-order valence-corrected chi connectivity index (χ0v) is 9.07. The van der Waals surface area contributed by atoms with Gasteiger partial charge in [0.05, 0.1) is 5.56 Å². The molecule has 0 saturated heterocycles. The van der Waals surface area contributed by atoms with Gasteiger partial charge in [-0.05, 0) is 24.3 Å². The van der Waals surface area contributed by atoms with Gasteiger partial charge in [0.25, 0.3) is 0 Å². The van der Waals surface area contributed by atoms with E-state index in [1.165, 1.54) is 12.1 Å². The predicted octanol–water partition coefficient (Wildman–Crippen LogP) is 3.78. The molecule has 0 bridgehead atoms. The molecule has 0 aliphatic rings. The summed E-state index contributed by atoms with van der Waals surface area (Å²) in [5.41, 5.74) is -0.775. The van der Waals surface area contributed by atoms with Crippen molar-refractivity contribution in [1.29, 1.82) is 0 Å². The van der Waals surface area contributed by atoms with Crippen LogP contribution in [-0.2, 0) is 6.18 Å². The van der Waals surface area contributed by atoms with E-state index in [0.29, 0.717) is 0 Å². The first-order valence-electron chi connectivity index (χ1n) is 5.08. The van der Waals surface area contributed by atoms with Gasteiger partial charge in [0.1, 0.15) is 11.5 Å². The number of aromatic hydroxyl groups is 2. The van der Waals surface area contributed by atoms with E-state index < -0.39 is 11.7 Å². The molecule has 0 aromatic heterocycles. The van der Waals surface area contributed by atoms with Gasteiger partial charge in [0.2, 0.25) is 0 Å². The first-order valence-corrected chi connectivity index (χ1v) is 5.08. The molecule has 0 atom stereocenters. The standard InChI is InChI=1S/C13H9F3O2/c14-13(15,16)8-5-6-12(18)10(7-8)9-3-1-2-4-11(9)17/h1-7,17-18H. The summed E-state index contributed by atoms with van der Waals surface area (Å²) < 4.78 is 37.7. The number of hydrogen-bond donors (Lipinski definition) is 2. The van der Waals surface area contributed by atoms with E-state index in [1.807, 2.05) is 0 Å². The van der Waals surface area contributed by atoms with Gasteiger partial charge >= 0.3 is 6.18 Å². The lowest BCUT2D eigenvalue weighted by molar-refractivity contribution is -0.137. The Labute approximate surface area is 101 Å². The molecule has 0 aliphatic carbocycles. The molecule has 0 amide bonds. The van der Waals surface area contributed by atoms with Gasteiger partial charge in [-0.15, -0.1) is 0 Å². The molecule has 0 fully saturated rings. The highest BCUT2D eigenvalue weighted by Crippen LogP contribution is 2.39. The molecule has 2 N–H and O–H groups in total. The fourth-order valence-corrected chi connectivity index (χ4v) is 1.63. The van der Waals surface area contributed by atoms with Crippen molar-refractivity contribution in [2.24, 2.45) is 0 Å². The summed E-state index contributed by atoms with van der Waals surface area (Å²) in [7, 11) is 0. The zero-order chi connectivity index (χ0) is 13.3. The van der Waals surface area contributed by atoms with Crippen molar-refractivity contribution >= 4 is 0 Å². The lowest BCUT2D eigenvalue weighted by Crippen LogP contribution is -2.04. The molecule has 2 aromatic rings. The molecule has 0 saturated carbocycles. The minimum absolute atomic E-state index is 0.0528. The largest absolute Gasteiger partial charge is 0.507 e. The van der Waals surface area contributed by atoms with Crippen LogP contribution in [0.4, 0.5) is 13.2 Å². The summed E-state index contributed by atoms with van der Waals surface area (Å²) in [5.74, 6) is -0.503. The van der Waals surface area contributed by atoms with Crippen LogP contribution in [0, 0.1) is 0 Å². The molecule has 0 unspecified atom stereocenters. The Balaban J connectivity index is 2.61. The van der Waals surface area contributed by atoms with E-state index in [-0.39, 0.29) is 22.6 Å². The van der Waals surface area contributed by atoms with Crippen molar-refractivity contribution in [2.75, 3.05) is 0 Å². The first-order chi connectivity index (χ1) is 8.39. The van der Waals surface area contributed by atoms with E-state index in [2.05, 4.69) is 0 Å². The Kier molecular flexibility index (Phi) is 2.90. The maximum atomic E-state index is 12.6. The van der Waals surface area contributed by atoms with Gasteiger partial charge in [-0.3, -0.25) is 0 Å². The van der Waals surface area contributed by atoms with Crippen molar-refractivity contribution < 1.29 is 23.4 Å². The number of hydrogen-bond acceptors (Lipinski definition) is 2. The SMILES string of the molecule is Oc1ccccc1-c1cc(C(F)(F)F)ccc1O. The predicted molar refractivity (Wildman–Crippen MR) is 60.2 cm³/mol. The van der Waals surface area contributed by atoms with Crippen molar-refractivity contribution in [1.82, 2.24) is 0 Å². The molecule has 0 aliphatic heterocycles. The van der Waals surface area contributed by atoms with E-state index in [4.69, 9.17) is 0 Å². The number of phenols is 2. The van der Waals surface area contributed by atoms with E-state index in [9.17, 15) is 23.4 Å². The molecule has 2 nitrogen and oxygen atoms in total. The van der Waals surface area contributed by atoms with Crippen molar-refractivity contribution in [3.8, 4) is 22.6 Å². The lowest BCUT2D eigenvalue weighted by atomic mass is 10.0. The Bertz CT molecular complexity index is 577. The number of para-hydroxylation sites is 1. The van der Waals surface area contributed by atoms with Gasteiger partial charge in [-0.1, -0.05) is 18.2 Å². The Morgan fingerprint density at radius 2 is 1.39 bits per heavy atom. The minimum Gasteiger partial charge on any atom is -0.507 e. The van der Waals surface area contributed by atoms with Crippen LogP contribution in [0.15, 0.2) is 42.5 Å². The number of rotatable bonds is 1. The van der Waals surface area contributed by atoms with Gasteiger partial charge < -0.3 is 10.2 Å². The summed E-state index contributed by atoms with van der Waals surface area (Å²) in [6, 6.07) is 8.45. The highest BCUT2D eigenvalue weighted by molar-refractivity contribution is 5.75. The molecule has 0 heterocycles. The van der Waals surface area contributed by atoms with Crippen molar-refractivity contribution in [3.63, 3.8) is 0 Å². The zero-order valence-electron chi connectivity index (χ0n) is 9.07. The summed E-state index contributed by atoms with van der Waals surface area (Å²) >= 11 is 0. The summed E-state index contributed by atoms with van der Waals surface area (Å²) in [6.45, 7) is 0. The van der Waals surface area contributed by atoms with Gasteiger partial charge in [0, 0.05) is 11.1 Å². The highest BCUT2D eigenvalue weighted by Gasteiger charge is 2.31. The van der Waals surface area contributed by atoms with E-state index in [0.717, 1.165) is 18.2 Å². The minimum atomic E-state index is -4.49. The third-order valence-corrected chi connectivity index (χ3v) is 2.52. The Hall–Kier alpha value is -2.17. The fraction of sp³-hybridized carbons (Fsp3) is 0.0769. The van der Waals surface area contributed by atoms with Crippen LogP contribution in [0.1, 0.15) is 5.56 Å². The number of benzene rings is 2. The molecule has 18 heavy (non-hydrogen) atoms. The smallest absolute Gasteiger partial charge is 0.416 e. The molecular weight excluding hydrogens is 245 g/mol. The summed E-state index contributed by atoms with van der Waals surface area (Å²) in [4.78, 5) is 0. The number of alkyl halides is 3. The van der Waals surface area contributed by atoms with E-state index in [1.54, 1.807) is 12.1 Å². The third-order valence-electron chi connectivity index (χ3n) is 2.52. The molecule has 0 spiro atoms. The fourth-order valence-electron chi connectivity index (χ4n) is 1.63. The number of phenolic OH excluding ortho intramolecular Hbond substituents is 2. The monoisotopic (exact) mass is 254 g/mol. The van der Waals surface area contributed by atoms with Gasteiger partial charge in [0.15, 0.2) is 0 Å². The molecule has 5 heteroatoms. The third kappa shape index (κ3) is 2.25. The molecule has 0 radical (unpaired) electrons. The lowest BCUT2D eigenvalue weighted by Gasteiger charge is -2.11. The number of halogens is 3. The average molecular weight is 254 g/mol. The van der Waals surface area contributed by atoms with E-state index >= 15 is 0 Å². The van der Waals surface area contributed by atoms with Crippen LogP contribution in [0.2, 0.25) is 0 Å². The molecule has 94 valence electrons. The second-order valence-corrected chi connectivity index (χ2v) is 3.75. The summed E-state index contributed by atoms with van der Waals surface area (Å²) in [6.07, 6.45) is -4.49. The molecule has 2 aromatic carbocycles. The summed E-state index contributed by atoms with van der Waals surface area (Å²) in [5, 5.41) is 19.2.